The highest BCUT2D eigenvalue weighted by Crippen LogP contribution is 2.39. The van der Waals surface area contributed by atoms with Gasteiger partial charge >= 0.3 is 0 Å². The standard InChI is InChI=1S/C13H23N/c1-3-4-6-9-12(14)13(2)10-7-5-8-11-13/h1,12H,4-11,14H2,2H3. The summed E-state index contributed by atoms with van der Waals surface area (Å²) in [7, 11) is 0. The first-order valence-corrected chi connectivity index (χ1v) is 5.88. The van der Waals surface area contributed by atoms with Crippen molar-refractivity contribution in [2.24, 2.45) is 11.1 Å². The van der Waals surface area contributed by atoms with E-state index in [0.717, 1.165) is 19.3 Å². The molecule has 2 N–H and O–H groups in total. The van der Waals surface area contributed by atoms with Crippen molar-refractivity contribution in [2.75, 3.05) is 0 Å². The minimum Gasteiger partial charge on any atom is -0.327 e. The fraction of sp³-hybridized carbons (Fsp3) is 0.846. The molecule has 0 aromatic carbocycles. The SMILES string of the molecule is C#CCCCC(N)C1(C)CCCCC1. The Hall–Kier alpha value is -0.480. The van der Waals surface area contributed by atoms with Gasteiger partial charge in [-0.05, 0) is 31.1 Å². The number of unbranched alkanes of at least 4 members (excludes halogenated alkanes) is 1. The predicted octanol–water partition coefficient (Wildman–Crippen LogP) is 3.09. The summed E-state index contributed by atoms with van der Waals surface area (Å²) in [6.07, 6.45) is 15.0. The Bertz CT molecular complexity index is 196. The van der Waals surface area contributed by atoms with Crippen molar-refractivity contribution in [3.63, 3.8) is 0 Å². The Morgan fingerprint density at radius 2 is 2.00 bits per heavy atom. The highest BCUT2D eigenvalue weighted by atomic mass is 14.7. The summed E-state index contributed by atoms with van der Waals surface area (Å²) in [5.41, 5.74) is 6.65. The molecule has 1 fully saturated rings. The van der Waals surface area contributed by atoms with Crippen LogP contribution >= 0.6 is 0 Å². The van der Waals surface area contributed by atoms with Gasteiger partial charge in [0.2, 0.25) is 0 Å². The van der Waals surface area contributed by atoms with Crippen LogP contribution in [0.2, 0.25) is 0 Å². The van der Waals surface area contributed by atoms with Gasteiger partial charge < -0.3 is 5.73 Å². The predicted molar refractivity (Wildman–Crippen MR) is 61.9 cm³/mol. The van der Waals surface area contributed by atoms with E-state index in [1.54, 1.807) is 0 Å². The van der Waals surface area contributed by atoms with E-state index in [1.165, 1.54) is 32.1 Å². The molecule has 1 nitrogen and oxygen atoms in total. The van der Waals surface area contributed by atoms with Crippen molar-refractivity contribution < 1.29 is 0 Å². The van der Waals surface area contributed by atoms with Gasteiger partial charge in [-0.2, -0.15) is 0 Å². The van der Waals surface area contributed by atoms with Gasteiger partial charge in [0, 0.05) is 12.5 Å². The third-order valence-corrected chi connectivity index (χ3v) is 3.73. The second-order valence-corrected chi connectivity index (χ2v) is 4.92. The lowest BCUT2D eigenvalue weighted by Crippen LogP contribution is -2.40. The molecule has 1 aliphatic rings. The second kappa shape index (κ2) is 5.41. The van der Waals surface area contributed by atoms with Crippen LogP contribution in [-0.2, 0) is 0 Å². The lowest BCUT2D eigenvalue weighted by molar-refractivity contribution is 0.162. The Labute approximate surface area is 88.5 Å². The second-order valence-electron chi connectivity index (χ2n) is 4.92. The maximum Gasteiger partial charge on any atom is 0.00932 e. The van der Waals surface area contributed by atoms with Crippen LogP contribution in [0.25, 0.3) is 0 Å². The van der Waals surface area contributed by atoms with E-state index in [9.17, 15) is 0 Å². The number of hydrogen-bond donors (Lipinski definition) is 1. The summed E-state index contributed by atoms with van der Waals surface area (Å²) in [6.45, 7) is 2.35. The van der Waals surface area contributed by atoms with Gasteiger partial charge in [0.05, 0.1) is 0 Å². The zero-order valence-corrected chi connectivity index (χ0v) is 9.39. The molecule has 0 saturated heterocycles. The van der Waals surface area contributed by atoms with Gasteiger partial charge in [0.15, 0.2) is 0 Å². The number of rotatable bonds is 4. The lowest BCUT2D eigenvalue weighted by atomic mass is 9.69. The van der Waals surface area contributed by atoms with Crippen molar-refractivity contribution in [2.45, 2.75) is 64.3 Å². The van der Waals surface area contributed by atoms with Crippen LogP contribution in [0.15, 0.2) is 0 Å². The average Bonchev–Trinajstić information content (AvgIpc) is 2.19. The minimum absolute atomic E-state index is 0.358. The van der Waals surface area contributed by atoms with E-state index in [-0.39, 0.29) is 0 Å². The van der Waals surface area contributed by atoms with Gasteiger partial charge in [-0.1, -0.05) is 26.2 Å². The summed E-state index contributed by atoms with van der Waals surface area (Å²) in [4.78, 5) is 0. The molecule has 1 unspecified atom stereocenters. The Morgan fingerprint density at radius 1 is 1.36 bits per heavy atom. The van der Waals surface area contributed by atoms with Crippen molar-refractivity contribution in [3.05, 3.63) is 0 Å². The van der Waals surface area contributed by atoms with Crippen molar-refractivity contribution in [3.8, 4) is 12.3 Å². The molecule has 0 spiro atoms. The summed E-state index contributed by atoms with van der Waals surface area (Å²) in [6, 6.07) is 0.358. The van der Waals surface area contributed by atoms with E-state index >= 15 is 0 Å². The van der Waals surface area contributed by atoms with E-state index in [1.807, 2.05) is 0 Å². The zero-order chi connectivity index (χ0) is 10.4. The smallest absolute Gasteiger partial charge is 0.00932 e. The first kappa shape index (κ1) is 11.6. The largest absolute Gasteiger partial charge is 0.327 e. The normalized spacial score (nSPS) is 22.6. The molecule has 0 bridgehead atoms. The van der Waals surface area contributed by atoms with Gasteiger partial charge in [-0.3, -0.25) is 0 Å². The molecular weight excluding hydrogens is 170 g/mol. The molecule has 1 rings (SSSR count). The molecule has 0 aromatic heterocycles. The first-order chi connectivity index (χ1) is 6.69. The average molecular weight is 193 g/mol. The number of terminal acetylenes is 1. The lowest BCUT2D eigenvalue weighted by Gasteiger charge is -2.39. The molecule has 0 amide bonds. The van der Waals surface area contributed by atoms with Crippen molar-refractivity contribution in [1.29, 1.82) is 0 Å². The molecule has 1 heteroatoms. The quantitative estimate of drug-likeness (QED) is 0.539. The van der Waals surface area contributed by atoms with Crippen LogP contribution in [-0.4, -0.2) is 6.04 Å². The Morgan fingerprint density at radius 3 is 2.57 bits per heavy atom. The zero-order valence-electron chi connectivity index (χ0n) is 9.39. The van der Waals surface area contributed by atoms with Crippen LogP contribution in [0.1, 0.15) is 58.3 Å². The number of nitrogens with two attached hydrogens (primary N) is 1. The van der Waals surface area contributed by atoms with E-state index in [0.29, 0.717) is 11.5 Å². The topological polar surface area (TPSA) is 26.0 Å². The minimum atomic E-state index is 0.358. The van der Waals surface area contributed by atoms with E-state index in [4.69, 9.17) is 12.2 Å². The fourth-order valence-electron chi connectivity index (χ4n) is 2.50. The van der Waals surface area contributed by atoms with Crippen LogP contribution in [0.4, 0.5) is 0 Å². The van der Waals surface area contributed by atoms with E-state index < -0.39 is 0 Å². The van der Waals surface area contributed by atoms with Crippen molar-refractivity contribution in [1.82, 2.24) is 0 Å². The number of hydrogen-bond acceptors (Lipinski definition) is 1. The highest BCUT2D eigenvalue weighted by Gasteiger charge is 2.32. The maximum absolute atomic E-state index is 6.25. The summed E-state index contributed by atoms with van der Waals surface area (Å²) in [5, 5.41) is 0. The molecule has 1 atom stereocenters. The van der Waals surface area contributed by atoms with Crippen LogP contribution in [0.5, 0.6) is 0 Å². The molecule has 14 heavy (non-hydrogen) atoms. The molecular formula is C13H23N. The van der Waals surface area contributed by atoms with Gasteiger partial charge in [-0.15, -0.1) is 12.3 Å². The molecule has 80 valence electrons. The molecule has 0 heterocycles. The summed E-state index contributed by atoms with van der Waals surface area (Å²) in [5.74, 6) is 2.68. The van der Waals surface area contributed by atoms with Crippen LogP contribution < -0.4 is 5.73 Å². The fourth-order valence-corrected chi connectivity index (χ4v) is 2.50. The Balaban J connectivity index is 2.33. The van der Waals surface area contributed by atoms with Gasteiger partial charge in [0.1, 0.15) is 0 Å². The first-order valence-electron chi connectivity index (χ1n) is 5.88. The molecule has 0 aliphatic heterocycles. The van der Waals surface area contributed by atoms with Crippen molar-refractivity contribution >= 4 is 0 Å². The third-order valence-electron chi connectivity index (χ3n) is 3.73. The Kier molecular flexibility index (Phi) is 4.48. The maximum atomic E-state index is 6.25. The molecule has 1 aliphatic carbocycles. The van der Waals surface area contributed by atoms with Crippen LogP contribution in [0.3, 0.4) is 0 Å². The molecule has 0 radical (unpaired) electrons. The van der Waals surface area contributed by atoms with Gasteiger partial charge in [0.25, 0.3) is 0 Å². The monoisotopic (exact) mass is 193 g/mol. The summed E-state index contributed by atoms with van der Waals surface area (Å²) < 4.78 is 0. The van der Waals surface area contributed by atoms with Gasteiger partial charge in [-0.25, -0.2) is 0 Å². The molecule has 1 saturated carbocycles. The van der Waals surface area contributed by atoms with E-state index in [2.05, 4.69) is 12.8 Å². The van der Waals surface area contributed by atoms with Crippen LogP contribution in [0, 0.1) is 17.8 Å². The molecule has 0 aromatic rings. The third kappa shape index (κ3) is 3.03. The summed E-state index contributed by atoms with van der Waals surface area (Å²) >= 11 is 0. The highest BCUT2D eigenvalue weighted by molar-refractivity contribution is 4.89.